The monoisotopic (exact) mass is 199 g/mol. The van der Waals surface area contributed by atoms with Gasteiger partial charge < -0.3 is 14.2 Å². The first-order valence-corrected chi connectivity index (χ1v) is 3.43. The molecule has 0 saturated heterocycles. The van der Waals surface area contributed by atoms with E-state index in [2.05, 4.69) is 19.2 Å². The van der Waals surface area contributed by atoms with Gasteiger partial charge in [0, 0.05) is 0 Å². The minimum Gasteiger partial charge on any atom is -0.389 e. The van der Waals surface area contributed by atoms with Crippen molar-refractivity contribution in [2.45, 2.75) is 0 Å². The molecular formula is C7H2FNO5. The molecule has 0 unspecified atom stereocenters. The summed E-state index contributed by atoms with van der Waals surface area (Å²) in [5.74, 6) is -1.49. The zero-order chi connectivity index (χ0) is 10.1. The molecule has 1 aromatic rings. The van der Waals surface area contributed by atoms with Gasteiger partial charge in [0.2, 0.25) is 5.95 Å². The number of halogens is 1. The van der Waals surface area contributed by atoms with Crippen LogP contribution in [0.15, 0.2) is 12.1 Å². The van der Waals surface area contributed by atoms with Crippen molar-refractivity contribution in [2.75, 3.05) is 0 Å². The van der Waals surface area contributed by atoms with Gasteiger partial charge in [-0.3, -0.25) is 0 Å². The second kappa shape index (κ2) is 2.95. The van der Waals surface area contributed by atoms with Crippen LogP contribution in [0.5, 0.6) is 11.6 Å². The fourth-order valence-corrected chi connectivity index (χ4v) is 0.834. The molecule has 7 heteroatoms. The molecule has 0 radical (unpaired) electrons. The smallest absolute Gasteiger partial charge is 0.389 e. The maximum Gasteiger partial charge on any atom is 0.525 e. The molecule has 0 N–H and O–H groups in total. The molecule has 0 atom stereocenters. The minimum absolute atomic E-state index is 0.178. The highest BCUT2D eigenvalue weighted by molar-refractivity contribution is 5.81. The number of aromatic nitrogens is 1. The van der Waals surface area contributed by atoms with Crippen LogP contribution in [0.2, 0.25) is 0 Å². The average molecular weight is 199 g/mol. The van der Waals surface area contributed by atoms with Crippen LogP contribution in [-0.2, 0) is 4.74 Å². The van der Waals surface area contributed by atoms with Gasteiger partial charge in [0.1, 0.15) is 0 Å². The van der Waals surface area contributed by atoms with Crippen LogP contribution in [0.4, 0.5) is 14.0 Å². The summed E-state index contributed by atoms with van der Waals surface area (Å²) in [5, 5.41) is 0. The normalized spacial score (nSPS) is 14.6. The molecule has 0 fully saturated rings. The van der Waals surface area contributed by atoms with E-state index < -0.39 is 24.1 Å². The molecule has 0 aliphatic carbocycles. The highest BCUT2D eigenvalue weighted by atomic mass is 19.1. The van der Waals surface area contributed by atoms with Gasteiger partial charge in [0.15, 0.2) is 5.75 Å². The lowest BCUT2D eigenvalue weighted by molar-refractivity contribution is 0.0993. The van der Waals surface area contributed by atoms with Crippen LogP contribution in [0.1, 0.15) is 0 Å². The topological polar surface area (TPSA) is 74.7 Å². The molecule has 2 heterocycles. The van der Waals surface area contributed by atoms with Crippen molar-refractivity contribution >= 4 is 12.3 Å². The summed E-state index contributed by atoms with van der Waals surface area (Å²) in [7, 11) is 0. The Morgan fingerprint density at radius 2 is 1.79 bits per heavy atom. The molecule has 0 amide bonds. The number of nitrogens with zero attached hydrogens (tertiary/aromatic N) is 1. The van der Waals surface area contributed by atoms with E-state index in [4.69, 9.17) is 0 Å². The molecule has 14 heavy (non-hydrogen) atoms. The zero-order valence-electron chi connectivity index (χ0n) is 6.52. The summed E-state index contributed by atoms with van der Waals surface area (Å²) in [6, 6.07) is 2.04. The molecule has 1 aliphatic rings. The molecule has 1 aliphatic heterocycles. The predicted molar refractivity (Wildman–Crippen MR) is 37.3 cm³/mol. The third-order valence-corrected chi connectivity index (χ3v) is 1.33. The first kappa shape index (κ1) is 8.42. The highest BCUT2D eigenvalue weighted by Crippen LogP contribution is 2.27. The number of carbonyl (C=O) groups is 2. The number of rotatable bonds is 0. The summed E-state index contributed by atoms with van der Waals surface area (Å²) in [5.41, 5.74) is 0. The first-order chi connectivity index (χ1) is 6.65. The average Bonchev–Trinajstić information content (AvgIpc) is 2.21. The Balaban J connectivity index is 2.46. The fraction of sp³-hybridized carbons (Fsp3) is 0. The van der Waals surface area contributed by atoms with E-state index >= 15 is 0 Å². The molecule has 2 rings (SSSR count). The summed E-state index contributed by atoms with van der Waals surface area (Å²) in [4.78, 5) is 24.5. The molecule has 0 spiro atoms. The summed E-state index contributed by atoms with van der Waals surface area (Å²) < 4.78 is 25.3. The largest absolute Gasteiger partial charge is 0.525 e. The van der Waals surface area contributed by atoms with E-state index in [9.17, 15) is 14.0 Å². The van der Waals surface area contributed by atoms with E-state index in [1.165, 1.54) is 0 Å². The number of cyclic esters (lactones) is 2. The number of carbonyl (C=O) groups excluding carboxylic acids is 2. The van der Waals surface area contributed by atoms with E-state index in [0.29, 0.717) is 0 Å². The van der Waals surface area contributed by atoms with Gasteiger partial charge in [-0.25, -0.2) is 9.59 Å². The third kappa shape index (κ3) is 1.47. The maximum atomic E-state index is 12.6. The van der Waals surface area contributed by atoms with Crippen LogP contribution in [0.25, 0.3) is 0 Å². The SMILES string of the molecule is O=C1OC(=O)Oc2nc(F)ccc2O1. The number of pyridine rings is 1. The number of hydrogen-bond acceptors (Lipinski definition) is 6. The lowest BCUT2D eigenvalue weighted by Gasteiger charge is -1.99. The van der Waals surface area contributed by atoms with Gasteiger partial charge in [0.05, 0.1) is 0 Å². The van der Waals surface area contributed by atoms with Gasteiger partial charge in [-0.15, -0.1) is 0 Å². The van der Waals surface area contributed by atoms with E-state index in [1.807, 2.05) is 0 Å². The lowest BCUT2D eigenvalue weighted by Crippen LogP contribution is -2.14. The van der Waals surface area contributed by atoms with Crippen LogP contribution in [-0.4, -0.2) is 17.3 Å². The molecule has 72 valence electrons. The van der Waals surface area contributed by atoms with Gasteiger partial charge in [-0.05, 0) is 12.1 Å². The van der Waals surface area contributed by atoms with Gasteiger partial charge in [-0.2, -0.15) is 9.37 Å². The molecular weight excluding hydrogens is 197 g/mol. The summed E-state index contributed by atoms with van der Waals surface area (Å²) in [6.07, 6.45) is -2.56. The predicted octanol–water partition coefficient (Wildman–Crippen LogP) is 1.25. The maximum absolute atomic E-state index is 12.6. The Hall–Kier alpha value is -2.18. The third-order valence-electron chi connectivity index (χ3n) is 1.33. The van der Waals surface area contributed by atoms with Crippen molar-refractivity contribution in [1.82, 2.24) is 4.98 Å². The molecule has 0 aromatic carbocycles. The van der Waals surface area contributed by atoms with Crippen LogP contribution in [0, 0.1) is 5.95 Å². The second-order valence-corrected chi connectivity index (χ2v) is 2.24. The van der Waals surface area contributed by atoms with E-state index in [-0.39, 0.29) is 5.75 Å². The first-order valence-electron chi connectivity index (χ1n) is 3.43. The number of ether oxygens (including phenoxy) is 3. The minimum atomic E-state index is -1.31. The van der Waals surface area contributed by atoms with Crippen LogP contribution in [0.3, 0.4) is 0 Å². The van der Waals surface area contributed by atoms with Gasteiger partial charge in [0.25, 0.3) is 5.88 Å². The molecule has 0 saturated carbocycles. The van der Waals surface area contributed by atoms with Gasteiger partial charge in [-0.1, -0.05) is 0 Å². The van der Waals surface area contributed by atoms with Crippen LogP contribution < -0.4 is 9.47 Å². The summed E-state index contributed by atoms with van der Waals surface area (Å²) >= 11 is 0. The molecule has 0 bridgehead atoms. The lowest BCUT2D eigenvalue weighted by atomic mass is 10.4. The Kier molecular flexibility index (Phi) is 1.77. The number of hydrogen-bond donors (Lipinski definition) is 0. The Morgan fingerprint density at radius 1 is 1.07 bits per heavy atom. The van der Waals surface area contributed by atoms with Gasteiger partial charge >= 0.3 is 12.3 Å². The van der Waals surface area contributed by atoms with Crippen molar-refractivity contribution in [3.05, 3.63) is 18.1 Å². The second-order valence-electron chi connectivity index (χ2n) is 2.24. The van der Waals surface area contributed by atoms with E-state index in [1.54, 1.807) is 0 Å². The Labute approximate surface area is 76.2 Å². The van der Waals surface area contributed by atoms with Crippen molar-refractivity contribution in [2.24, 2.45) is 0 Å². The van der Waals surface area contributed by atoms with Crippen molar-refractivity contribution < 1.29 is 28.2 Å². The summed E-state index contributed by atoms with van der Waals surface area (Å²) in [6.45, 7) is 0. The Bertz CT molecular complexity index is 419. The van der Waals surface area contributed by atoms with E-state index in [0.717, 1.165) is 12.1 Å². The van der Waals surface area contributed by atoms with Crippen molar-refractivity contribution in [3.63, 3.8) is 0 Å². The number of fused-ring (bicyclic) bond motifs is 1. The quantitative estimate of drug-likeness (QED) is 0.355. The Morgan fingerprint density at radius 3 is 2.57 bits per heavy atom. The zero-order valence-corrected chi connectivity index (χ0v) is 6.52. The highest BCUT2D eigenvalue weighted by Gasteiger charge is 2.25. The fourth-order valence-electron chi connectivity index (χ4n) is 0.834. The standard InChI is InChI=1S/C7H2FNO5/c8-4-2-1-3-5(9-4)13-7(11)14-6(10)12-3/h1-2H. The van der Waals surface area contributed by atoms with Crippen LogP contribution >= 0.6 is 0 Å². The van der Waals surface area contributed by atoms with Crippen molar-refractivity contribution in [3.8, 4) is 11.6 Å². The molecule has 6 nitrogen and oxygen atoms in total. The van der Waals surface area contributed by atoms with Crippen molar-refractivity contribution in [1.29, 1.82) is 0 Å². The molecule has 1 aromatic heterocycles.